The van der Waals surface area contributed by atoms with Crippen molar-refractivity contribution in [3.8, 4) is 5.75 Å². The van der Waals surface area contributed by atoms with Gasteiger partial charge in [-0.25, -0.2) is 0 Å². The maximum atomic E-state index is 5.31. The molecule has 0 unspecified atom stereocenters. The second-order valence-electron chi connectivity index (χ2n) is 3.65. The van der Waals surface area contributed by atoms with Crippen molar-refractivity contribution in [1.82, 2.24) is 5.32 Å². The Balaban J connectivity index is 2.69. The fourth-order valence-corrected chi connectivity index (χ4v) is 1.72. The van der Waals surface area contributed by atoms with Crippen LogP contribution in [0.1, 0.15) is 25.8 Å². The molecule has 1 atom stereocenters. The highest BCUT2D eigenvalue weighted by atomic mass is 79.9. The maximum absolute atomic E-state index is 5.31. The summed E-state index contributed by atoms with van der Waals surface area (Å²) in [5.41, 5.74) is 1.19. The SMILES string of the molecule is CC[C@@H](C)NCc1cc(Br)ccc1OC. The van der Waals surface area contributed by atoms with Gasteiger partial charge in [0.1, 0.15) is 5.75 Å². The van der Waals surface area contributed by atoms with E-state index >= 15 is 0 Å². The van der Waals surface area contributed by atoms with Crippen LogP contribution < -0.4 is 10.1 Å². The zero-order chi connectivity index (χ0) is 11.3. The Hall–Kier alpha value is -0.540. The first-order valence-electron chi connectivity index (χ1n) is 5.23. The van der Waals surface area contributed by atoms with Crippen LogP contribution in [0.3, 0.4) is 0 Å². The minimum Gasteiger partial charge on any atom is -0.496 e. The molecule has 0 spiro atoms. The van der Waals surface area contributed by atoms with Crippen LogP contribution in [0.25, 0.3) is 0 Å². The van der Waals surface area contributed by atoms with Gasteiger partial charge in [0.15, 0.2) is 0 Å². The molecule has 0 aliphatic carbocycles. The molecule has 2 nitrogen and oxygen atoms in total. The van der Waals surface area contributed by atoms with Gasteiger partial charge in [0.25, 0.3) is 0 Å². The molecule has 0 aliphatic heterocycles. The van der Waals surface area contributed by atoms with Gasteiger partial charge in [-0.1, -0.05) is 22.9 Å². The number of nitrogens with one attached hydrogen (secondary N) is 1. The average molecular weight is 272 g/mol. The predicted octanol–water partition coefficient (Wildman–Crippen LogP) is 3.35. The van der Waals surface area contributed by atoms with Crippen molar-refractivity contribution in [2.75, 3.05) is 7.11 Å². The monoisotopic (exact) mass is 271 g/mol. The summed E-state index contributed by atoms with van der Waals surface area (Å²) in [7, 11) is 1.70. The van der Waals surface area contributed by atoms with Crippen molar-refractivity contribution in [2.45, 2.75) is 32.9 Å². The number of halogens is 1. The van der Waals surface area contributed by atoms with Crippen LogP contribution in [0.4, 0.5) is 0 Å². The van der Waals surface area contributed by atoms with Gasteiger partial charge >= 0.3 is 0 Å². The minimum absolute atomic E-state index is 0.536. The summed E-state index contributed by atoms with van der Waals surface area (Å²) in [6.45, 7) is 5.21. The number of benzene rings is 1. The third-order valence-electron chi connectivity index (χ3n) is 2.50. The number of methoxy groups -OCH3 is 1. The molecular weight excluding hydrogens is 254 g/mol. The lowest BCUT2D eigenvalue weighted by atomic mass is 10.2. The summed E-state index contributed by atoms with van der Waals surface area (Å²) < 4.78 is 6.39. The van der Waals surface area contributed by atoms with E-state index in [2.05, 4.69) is 41.2 Å². The van der Waals surface area contributed by atoms with Crippen molar-refractivity contribution in [3.63, 3.8) is 0 Å². The molecule has 0 bridgehead atoms. The van der Waals surface area contributed by atoms with Gasteiger partial charge in [-0.2, -0.15) is 0 Å². The van der Waals surface area contributed by atoms with Crippen LogP contribution in [-0.2, 0) is 6.54 Å². The summed E-state index contributed by atoms with van der Waals surface area (Å²) >= 11 is 3.47. The average Bonchev–Trinajstić information content (AvgIpc) is 2.26. The topological polar surface area (TPSA) is 21.3 Å². The number of ether oxygens (including phenoxy) is 1. The van der Waals surface area contributed by atoms with Crippen LogP contribution >= 0.6 is 15.9 Å². The van der Waals surface area contributed by atoms with Crippen LogP contribution in [0.2, 0.25) is 0 Å². The molecule has 3 heteroatoms. The fourth-order valence-electron chi connectivity index (χ4n) is 1.31. The van der Waals surface area contributed by atoms with Gasteiger partial charge in [0, 0.05) is 22.6 Å². The molecule has 0 aliphatic rings. The largest absolute Gasteiger partial charge is 0.496 e. The Bertz CT molecular complexity index is 314. The molecule has 1 aromatic carbocycles. The Morgan fingerprint density at radius 2 is 2.20 bits per heavy atom. The van der Waals surface area contributed by atoms with Gasteiger partial charge in [0.05, 0.1) is 7.11 Å². The molecule has 0 aromatic heterocycles. The molecule has 0 saturated heterocycles. The first-order valence-corrected chi connectivity index (χ1v) is 6.02. The third-order valence-corrected chi connectivity index (χ3v) is 2.99. The molecule has 15 heavy (non-hydrogen) atoms. The smallest absolute Gasteiger partial charge is 0.123 e. The fraction of sp³-hybridized carbons (Fsp3) is 0.500. The van der Waals surface area contributed by atoms with Gasteiger partial charge < -0.3 is 10.1 Å². The van der Waals surface area contributed by atoms with E-state index in [4.69, 9.17) is 4.74 Å². The summed E-state index contributed by atoms with van der Waals surface area (Å²) in [4.78, 5) is 0. The molecule has 84 valence electrons. The summed E-state index contributed by atoms with van der Waals surface area (Å²) in [5, 5.41) is 3.45. The van der Waals surface area contributed by atoms with E-state index in [9.17, 15) is 0 Å². The standard InChI is InChI=1S/C12H18BrNO/c1-4-9(2)14-8-10-7-11(13)5-6-12(10)15-3/h5-7,9,14H,4,8H2,1-3H3/t9-/m1/s1. The van der Waals surface area contributed by atoms with Gasteiger partial charge in [-0.05, 0) is 31.5 Å². The van der Waals surface area contributed by atoms with E-state index in [1.165, 1.54) is 5.56 Å². The van der Waals surface area contributed by atoms with E-state index in [0.717, 1.165) is 23.2 Å². The van der Waals surface area contributed by atoms with Crippen LogP contribution in [0, 0.1) is 0 Å². The van der Waals surface area contributed by atoms with E-state index in [1.54, 1.807) is 7.11 Å². The Morgan fingerprint density at radius 3 is 2.80 bits per heavy atom. The molecule has 0 amide bonds. The van der Waals surface area contributed by atoms with Crippen molar-refractivity contribution in [3.05, 3.63) is 28.2 Å². The number of hydrogen-bond acceptors (Lipinski definition) is 2. The quantitative estimate of drug-likeness (QED) is 0.887. The first-order chi connectivity index (χ1) is 7.17. The summed E-state index contributed by atoms with van der Waals surface area (Å²) in [6.07, 6.45) is 1.14. The predicted molar refractivity (Wildman–Crippen MR) is 67.3 cm³/mol. The van der Waals surface area contributed by atoms with E-state index in [-0.39, 0.29) is 0 Å². The van der Waals surface area contributed by atoms with Gasteiger partial charge in [-0.3, -0.25) is 0 Å². The molecule has 0 radical (unpaired) electrons. The van der Waals surface area contributed by atoms with Gasteiger partial charge in [-0.15, -0.1) is 0 Å². The summed E-state index contributed by atoms with van der Waals surface area (Å²) in [5.74, 6) is 0.939. The van der Waals surface area contributed by atoms with Crippen molar-refractivity contribution in [1.29, 1.82) is 0 Å². The Kier molecular flexibility index (Phi) is 5.12. The van der Waals surface area contributed by atoms with Crippen LogP contribution in [0.15, 0.2) is 22.7 Å². The van der Waals surface area contributed by atoms with Gasteiger partial charge in [0.2, 0.25) is 0 Å². The molecule has 1 aromatic rings. The summed E-state index contributed by atoms with van der Waals surface area (Å²) in [6, 6.07) is 6.60. The molecular formula is C12H18BrNO. The zero-order valence-electron chi connectivity index (χ0n) is 9.51. The second-order valence-corrected chi connectivity index (χ2v) is 4.56. The highest BCUT2D eigenvalue weighted by Crippen LogP contribution is 2.22. The highest BCUT2D eigenvalue weighted by molar-refractivity contribution is 9.10. The lowest BCUT2D eigenvalue weighted by Crippen LogP contribution is -2.24. The second kappa shape index (κ2) is 6.13. The van der Waals surface area contributed by atoms with E-state index in [1.807, 2.05) is 12.1 Å². The molecule has 0 fully saturated rings. The Labute approximate surface area is 100 Å². The maximum Gasteiger partial charge on any atom is 0.123 e. The van der Waals surface area contributed by atoms with Crippen molar-refractivity contribution < 1.29 is 4.74 Å². The number of rotatable bonds is 5. The molecule has 0 heterocycles. The third kappa shape index (κ3) is 3.84. The van der Waals surface area contributed by atoms with Crippen molar-refractivity contribution in [2.24, 2.45) is 0 Å². The van der Waals surface area contributed by atoms with Crippen LogP contribution in [-0.4, -0.2) is 13.2 Å². The lowest BCUT2D eigenvalue weighted by Gasteiger charge is -2.13. The normalized spacial score (nSPS) is 12.5. The number of hydrogen-bond donors (Lipinski definition) is 1. The Morgan fingerprint density at radius 1 is 1.47 bits per heavy atom. The van der Waals surface area contributed by atoms with Crippen LogP contribution in [0.5, 0.6) is 5.75 Å². The molecule has 1 rings (SSSR count). The highest BCUT2D eigenvalue weighted by Gasteiger charge is 2.04. The zero-order valence-corrected chi connectivity index (χ0v) is 11.1. The minimum atomic E-state index is 0.536. The van der Waals surface area contributed by atoms with Crippen molar-refractivity contribution >= 4 is 15.9 Å². The lowest BCUT2D eigenvalue weighted by molar-refractivity contribution is 0.405. The van der Waals surface area contributed by atoms with E-state index < -0.39 is 0 Å². The van der Waals surface area contributed by atoms with E-state index in [0.29, 0.717) is 6.04 Å². The first kappa shape index (κ1) is 12.5. The molecule has 0 saturated carbocycles. The molecule has 1 N–H and O–H groups in total.